The van der Waals surface area contributed by atoms with Crippen molar-refractivity contribution in [3.8, 4) is 22.6 Å². The average Bonchev–Trinajstić information content (AvgIpc) is 3.53. The summed E-state index contributed by atoms with van der Waals surface area (Å²) in [6.45, 7) is 0.308. The smallest absolute Gasteiger partial charge is 0.298 e. The highest BCUT2D eigenvalue weighted by atomic mass is 16.5. The molecule has 1 fully saturated rings. The molecule has 28 heavy (non-hydrogen) atoms. The van der Waals surface area contributed by atoms with Gasteiger partial charge in [0.15, 0.2) is 0 Å². The molecule has 1 aliphatic rings. The Morgan fingerprint density at radius 2 is 1.71 bits per heavy atom. The number of nitrogens with one attached hydrogen (secondary N) is 1. The topological polar surface area (TPSA) is 64.6 Å². The Labute approximate surface area is 162 Å². The zero-order chi connectivity index (χ0) is 19.3. The molecular weight excluding hydrogens is 354 g/mol. The minimum atomic E-state index is -0.343. The molecule has 3 aromatic carbocycles. The van der Waals surface area contributed by atoms with Crippen molar-refractivity contribution in [2.24, 2.45) is 0 Å². The van der Waals surface area contributed by atoms with Gasteiger partial charge in [-0.05, 0) is 60.4 Å². The third kappa shape index (κ3) is 4.20. The molecule has 0 saturated heterocycles. The maximum atomic E-state index is 12.5. The lowest BCUT2D eigenvalue weighted by Gasteiger charge is -2.10. The number of carbonyl (C=O) groups excluding carboxylic acids is 2. The summed E-state index contributed by atoms with van der Waals surface area (Å²) in [5.74, 6) is 0.758. The molecule has 0 spiro atoms. The fourth-order valence-corrected chi connectivity index (χ4v) is 2.88. The van der Waals surface area contributed by atoms with Crippen LogP contribution in [0.5, 0.6) is 11.5 Å². The predicted octanol–water partition coefficient (Wildman–Crippen LogP) is 4.68. The Morgan fingerprint density at radius 3 is 2.46 bits per heavy atom. The molecule has 0 bridgehead atoms. The molecule has 4 rings (SSSR count). The van der Waals surface area contributed by atoms with Gasteiger partial charge >= 0.3 is 0 Å². The quantitative estimate of drug-likeness (QED) is 0.611. The zero-order valence-corrected chi connectivity index (χ0v) is 15.1. The first-order valence-corrected chi connectivity index (χ1v) is 9.11. The van der Waals surface area contributed by atoms with Crippen molar-refractivity contribution in [2.45, 2.75) is 18.9 Å². The highest BCUT2D eigenvalue weighted by molar-refractivity contribution is 6.06. The fraction of sp³-hybridized carbons (Fsp3) is 0.130. The van der Waals surface area contributed by atoms with Crippen molar-refractivity contribution in [2.75, 3.05) is 5.32 Å². The maximum absolute atomic E-state index is 12.5. The van der Waals surface area contributed by atoms with Gasteiger partial charge in [-0.3, -0.25) is 9.59 Å². The van der Waals surface area contributed by atoms with E-state index in [-0.39, 0.29) is 11.7 Å². The van der Waals surface area contributed by atoms with Crippen molar-refractivity contribution in [3.63, 3.8) is 0 Å². The van der Waals surface area contributed by atoms with Gasteiger partial charge in [0, 0.05) is 5.69 Å². The molecule has 1 saturated carbocycles. The summed E-state index contributed by atoms with van der Waals surface area (Å²) in [4.78, 5) is 23.1. The number of hydrogen-bond acceptors (Lipinski definition) is 4. The lowest BCUT2D eigenvalue weighted by atomic mass is 10.0. The van der Waals surface area contributed by atoms with Crippen LogP contribution in [0.15, 0.2) is 72.8 Å². The first-order valence-electron chi connectivity index (χ1n) is 9.11. The van der Waals surface area contributed by atoms with Gasteiger partial charge in [0.2, 0.25) is 0 Å². The first kappa shape index (κ1) is 17.8. The highest BCUT2D eigenvalue weighted by Gasteiger charge is 2.23. The molecule has 5 nitrogen and oxygen atoms in total. The lowest BCUT2D eigenvalue weighted by Crippen LogP contribution is -2.13. The summed E-state index contributed by atoms with van der Waals surface area (Å²) < 4.78 is 10.7. The van der Waals surface area contributed by atoms with E-state index in [1.165, 1.54) is 0 Å². The van der Waals surface area contributed by atoms with E-state index in [1.807, 2.05) is 48.5 Å². The molecule has 1 N–H and O–H groups in total. The Bertz CT molecular complexity index is 993. The summed E-state index contributed by atoms with van der Waals surface area (Å²) in [6.07, 6.45) is 2.61. The average molecular weight is 373 g/mol. The van der Waals surface area contributed by atoms with E-state index in [0.29, 0.717) is 23.8 Å². The minimum absolute atomic E-state index is 0.221. The van der Waals surface area contributed by atoms with Crippen LogP contribution >= 0.6 is 0 Å². The standard InChI is InChI=1S/C23H19NO4/c25-15-27-22-7-2-1-6-21(22)23(26)24-18-10-8-16(9-11-18)17-4-3-5-20(14-17)28-19-12-13-19/h1-11,14-15,19H,12-13H2,(H,24,26). The van der Waals surface area contributed by atoms with Gasteiger partial charge in [0.1, 0.15) is 11.5 Å². The largest absolute Gasteiger partial charge is 0.490 e. The number of ether oxygens (including phenoxy) is 2. The first-order chi connectivity index (χ1) is 13.7. The van der Waals surface area contributed by atoms with Crippen LogP contribution in [0.1, 0.15) is 23.2 Å². The van der Waals surface area contributed by atoms with Gasteiger partial charge in [-0.25, -0.2) is 0 Å². The molecular formula is C23H19NO4. The summed E-state index contributed by atoms with van der Waals surface area (Å²) in [5, 5.41) is 2.82. The Balaban J connectivity index is 1.48. The fourth-order valence-electron chi connectivity index (χ4n) is 2.88. The number of rotatable bonds is 7. The predicted molar refractivity (Wildman–Crippen MR) is 107 cm³/mol. The molecule has 140 valence electrons. The number of amides is 1. The summed E-state index contributed by atoms with van der Waals surface area (Å²) in [6, 6.07) is 22.2. The number of anilines is 1. The van der Waals surface area contributed by atoms with Gasteiger partial charge < -0.3 is 14.8 Å². The van der Waals surface area contributed by atoms with Crippen LogP contribution in [0.3, 0.4) is 0 Å². The molecule has 0 atom stereocenters. The molecule has 5 heteroatoms. The van der Waals surface area contributed by atoms with Crippen molar-refractivity contribution >= 4 is 18.1 Å². The molecule has 3 aromatic rings. The molecule has 0 aromatic heterocycles. The molecule has 1 amide bonds. The lowest BCUT2D eigenvalue weighted by molar-refractivity contribution is -0.120. The second-order valence-corrected chi connectivity index (χ2v) is 6.59. The van der Waals surface area contributed by atoms with Crippen LogP contribution in [0.4, 0.5) is 5.69 Å². The van der Waals surface area contributed by atoms with E-state index in [1.54, 1.807) is 24.3 Å². The van der Waals surface area contributed by atoms with Gasteiger partial charge in [0.05, 0.1) is 11.7 Å². The Morgan fingerprint density at radius 1 is 0.929 bits per heavy atom. The zero-order valence-electron chi connectivity index (χ0n) is 15.1. The maximum Gasteiger partial charge on any atom is 0.298 e. The second kappa shape index (κ2) is 7.96. The molecule has 1 aliphatic carbocycles. The van der Waals surface area contributed by atoms with E-state index < -0.39 is 0 Å². The van der Waals surface area contributed by atoms with Crippen molar-refractivity contribution in [1.29, 1.82) is 0 Å². The SMILES string of the molecule is O=COc1ccccc1C(=O)Nc1ccc(-c2cccc(OC3CC3)c2)cc1. The van der Waals surface area contributed by atoms with Crippen LogP contribution in [-0.4, -0.2) is 18.5 Å². The molecule has 0 radical (unpaired) electrons. The van der Waals surface area contributed by atoms with Crippen LogP contribution in [0.25, 0.3) is 11.1 Å². The summed E-state index contributed by atoms with van der Waals surface area (Å²) in [7, 11) is 0. The highest BCUT2D eigenvalue weighted by Crippen LogP contribution is 2.30. The van der Waals surface area contributed by atoms with E-state index in [2.05, 4.69) is 5.32 Å². The Hall–Kier alpha value is -3.60. The van der Waals surface area contributed by atoms with Crippen molar-refractivity contribution in [1.82, 2.24) is 0 Å². The van der Waals surface area contributed by atoms with E-state index in [0.717, 1.165) is 29.7 Å². The third-order valence-electron chi connectivity index (χ3n) is 4.44. The van der Waals surface area contributed by atoms with Gasteiger partial charge in [-0.15, -0.1) is 0 Å². The van der Waals surface area contributed by atoms with E-state index >= 15 is 0 Å². The summed E-state index contributed by atoms with van der Waals surface area (Å²) >= 11 is 0. The molecule has 0 aliphatic heterocycles. The van der Waals surface area contributed by atoms with Crippen LogP contribution in [0.2, 0.25) is 0 Å². The van der Waals surface area contributed by atoms with Crippen LogP contribution in [0, 0.1) is 0 Å². The van der Waals surface area contributed by atoms with Crippen molar-refractivity contribution in [3.05, 3.63) is 78.4 Å². The monoisotopic (exact) mass is 373 g/mol. The van der Waals surface area contributed by atoms with Crippen LogP contribution in [-0.2, 0) is 4.79 Å². The third-order valence-corrected chi connectivity index (χ3v) is 4.44. The van der Waals surface area contributed by atoms with Gasteiger partial charge in [-0.2, -0.15) is 0 Å². The van der Waals surface area contributed by atoms with Gasteiger partial charge in [0.25, 0.3) is 12.4 Å². The van der Waals surface area contributed by atoms with Crippen LogP contribution < -0.4 is 14.8 Å². The van der Waals surface area contributed by atoms with Gasteiger partial charge in [-0.1, -0.05) is 36.4 Å². The normalized spacial score (nSPS) is 12.9. The number of carbonyl (C=O) groups is 2. The second-order valence-electron chi connectivity index (χ2n) is 6.59. The van der Waals surface area contributed by atoms with E-state index in [4.69, 9.17) is 9.47 Å². The number of hydrogen-bond donors (Lipinski definition) is 1. The van der Waals surface area contributed by atoms with Crippen molar-refractivity contribution < 1.29 is 19.1 Å². The summed E-state index contributed by atoms with van der Waals surface area (Å²) in [5.41, 5.74) is 3.04. The van der Waals surface area contributed by atoms with E-state index in [9.17, 15) is 9.59 Å². The Kier molecular flexibility index (Phi) is 5.06. The molecule has 0 unspecified atom stereocenters. The number of benzene rings is 3. The molecule has 0 heterocycles. The minimum Gasteiger partial charge on any atom is -0.490 e. The number of para-hydroxylation sites is 1.